The summed E-state index contributed by atoms with van der Waals surface area (Å²) in [4.78, 5) is 11.0. The molecule has 170 valence electrons. The lowest BCUT2D eigenvalue weighted by Gasteiger charge is -2.33. The van der Waals surface area contributed by atoms with Gasteiger partial charge in [0.2, 0.25) is 0 Å². The number of nitrogens with zero attached hydrogens (tertiary/aromatic N) is 1. The average molecular weight is 448 g/mol. The molecule has 1 aliphatic heterocycles. The SMILES string of the molecule is COc1cc(F)ccc1-c1ccc2c(c1COc1ccccc1[N+](=O)[O-])C(C)=CC(C)(C)N2. The molecule has 0 unspecified atom stereocenters. The van der Waals surface area contributed by atoms with Crippen molar-refractivity contribution in [3.8, 4) is 22.6 Å². The summed E-state index contributed by atoms with van der Waals surface area (Å²) in [6, 6.07) is 14.6. The smallest absolute Gasteiger partial charge is 0.310 e. The van der Waals surface area contributed by atoms with Crippen LogP contribution in [0, 0.1) is 15.9 Å². The van der Waals surface area contributed by atoms with Crippen LogP contribution < -0.4 is 14.8 Å². The molecule has 0 radical (unpaired) electrons. The van der Waals surface area contributed by atoms with E-state index in [0.29, 0.717) is 11.3 Å². The summed E-state index contributed by atoms with van der Waals surface area (Å²) in [6.07, 6.45) is 2.13. The second-order valence-electron chi connectivity index (χ2n) is 8.55. The number of anilines is 1. The number of fused-ring (bicyclic) bond motifs is 1. The van der Waals surface area contributed by atoms with Crippen molar-refractivity contribution >= 4 is 16.9 Å². The molecule has 1 N–H and O–H groups in total. The number of nitro groups is 1. The minimum Gasteiger partial charge on any atom is -0.496 e. The zero-order valence-corrected chi connectivity index (χ0v) is 18.9. The van der Waals surface area contributed by atoms with Gasteiger partial charge in [0.05, 0.1) is 17.6 Å². The molecule has 7 heteroatoms. The van der Waals surface area contributed by atoms with Crippen molar-refractivity contribution < 1.29 is 18.8 Å². The second kappa shape index (κ2) is 8.58. The van der Waals surface area contributed by atoms with Gasteiger partial charge in [-0.2, -0.15) is 0 Å². The maximum Gasteiger partial charge on any atom is 0.310 e. The standard InChI is InChI=1S/C26H25FN2O4/c1-16-14-26(2,3)28-21-12-11-18(19-10-9-17(27)13-24(19)32-4)20(25(16)21)15-33-23-8-6-5-7-22(23)29(30)31/h5-14,28H,15H2,1-4H3. The Balaban J connectivity index is 1.88. The lowest BCUT2D eigenvalue weighted by molar-refractivity contribution is -0.385. The molecule has 3 aromatic carbocycles. The van der Waals surface area contributed by atoms with Gasteiger partial charge in [-0.15, -0.1) is 0 Å². The largest absolute Gasteiger partial charge is 0.496 e. The third-order valence-electron chi connectivity index (χ3n) is 5.63. The molecule has 3 aromatic rings. The van der Waals surface area contributed by atoms with Crippen LogP contribution in [0.5, 0.6) is 11.5 Å². The number of para-hydroxylation sites is 2. The van der Waals surface area contributed by atoms with Gasteiger partial charge < -0.3 is 14.8 Å². The molecule has 0 amide bonds. The van der Waals surface area contributed by atoms with Crippen LogP contribution in [0.1, 0.15) is 31.9 Å². The van der Waals surface area contributed by atoms with E-state index in [-0.39, 0.29) is 23.6 Å². The van der Waals surface area contributed by atoms with E-state index in [2.05, 4.69) is 25.2 Å². The van der Waals surface area contributed by atoms with E-state index in [9.17, 15) is 14.5 Å². The topological polar surface area (TPSA) is 73.6 Å². The van der Waals surface area contributed by atoms with Gasteiger partial charge >= 0.3 is 5.69 Å². The number of hydrogen-bond acceptors (Lipinski definition) is 5. The highest BCUT2D eigenvalue weighted by Crippen LogP contribution is 2.43. The molecule has 4 rings (SSSR count). The van der Waals surface area contributed by atoms with E-state index in [0.717, 1.165) is 28.0 Å². The first-order valence-corrected chi connectivity index (χ1v) is 10.5. The molecular formula is C26H25FN2O4. The van der Waals surface area contributed by atoms with E-state index in [4.69, 9.17) is 9.47 Å². The van der Waals surface area contributed by atoms with Crippen LogP contribution in [0.15, 0.2) is 60.7 Å². The molecule has 6 nitrogen and oxygen atoms in total. The number of nitrogens with one attached hydrogen (secondary N) is 1. The molecule has 0 atom stereocenters. The van der Waals surface area contributed by atoms with Gasteiger partial charge in [-0.3, -0.25) is 10.1 Å². The quantitative estimate of drug-likeness (QED) is 0.340. The fourth-order valence-corrected chi connectivity index (χ4v) is 4.37. The Labute approximate surface area is 191 Å². The summed E-state index contributed by atoms with van der Waals surface area (Å²) >= 11 is 0. The highest BCUT2D eigenvalue weighted by Gasteiger charge is 2.27. The van der Waals surface area contributed by atoms with Crippen LogP contribution in [0.4, 0.5) is 15.8 Å². The molecule has 0 aliphatic carbocycles. The molecule has 1 aliphatic rings. The van der Waals surface area contributed by atoms with Crippen molar-refractivity contribution in [3.63, 3.8) is 0 Å². The Morgan fingerprint density at radius 3 is 2.52 bits per heavy atom. The lowest BCUT2D eigenvalue weighted by atomic mass is 9.85. The van der Waals surface area contributed by atoms with E-state index >= 15 is 0 Å². The molecule has 0 spiro atoms. The molecule has 0 saturated heterocycles. The molecule has 0 saturated carbocycles. The number of ether oxygens (including phenoxy) is 2. The molecule has 1 heterocycles. The summed E-state index contributed by atoms with van der Waals surface area (Å²) in [5.74, 6) is 0.182. The number of halogens is 1. The van der Waals surface area contributed by atoms with Crippen molar-refractivity contribution in [3.05, 3.63) is 87.7 Å². The summed E-state index contributed by atoms with van der Waals surface area (Å²) in [6.45, 7) is 6.28. The zero-order chi connectivity index (χ0) is 23.8. The van der Waals surface area contributed by atoms with Crippen LogP contribution in [0.2, 0.25) is 0 Å². The maximum atomic E-state index is 13.9. The Hall–Kier alpha value is -3.87. The Kier molecular flexibility index (Phi) is 5.80. The summed E-state index contributed by atoms with van der Waals surface area (Å²) in [5, 5.41) is 15.0. The predicted octanol–water partition coefficient (Wildman–Crippen LogP) is 6.60. The van der Waals surface area contributed by atoms with Gasteiger partial charge in [-0.1, -0.05) is 24.3 Å². The highest BCUT2D eigenvalue weighted by atomic mass is 19.1. The second-order valence-corrected chi connectivity index (χ2v) is 8.55. The van der Waals surface area contributed by atoms with Gasteiger partial charge in [0.1, 0.15) is 18.2 Å². The summed E-state index contributed by atoms with van der Waals surface area (Å²) < 4.78 is 25.3. The van der Waals surface area contributed by atoms with Gasteiger partial charge in [0.25, 0.3) is 0 Å². The van der Waals surface area contributed by atoms with Crippen molar-refractivity contribution in [2.75, 3.05) is 12.4 Å². The fourth-order valence-electron chi connectivity index (χ4n) is 4.37. The Morgan fingerprint density at radius 1 is 1.06 bits per heavy atom. The molecule has 0 aromatic heterocycles. The van der Waals surface area contributed by atoms with E-state index in [1.54, 1.807) is 24.3 Å². The third-order valence-corrected chi connectivity index (χ3v) is 5.63. The van der Waals surface area contributed by atoms with Crippen molar-refractivity contribution in [2.24, 2.45) is 0 Å². The number of hydrogen-bond donors (Lipinski definition) is 1. The maximum absolute atomic E-state index is 13.9. The fraction of sp³-hybridized carbons (Fsp3) is 0.231. The average Bonchev–Trinajstić information content (AvgIpc) is 2.76. The minimum absolute atomic E-state index is 0.0805. The van der Waals surface area contributed by atoms with E-state index < -0.39 is 10.7 Å². The number of methoxy groups -OCH3 is 1. The highest BCUT2D eigenvalue weighted by molar-refractivity contribution is 5.88. The lowest BCUT2D eigenvalue weighted by Crippen LogP contribution is -2.32. The summed E-state index contributed by atoms with van der Waals surface area (Å²) in [5.41, 5.74) is 4.95. The number of benzene rings is 3. The van der Waals surface area contributed by atoms with Crippen molar-refractivity contribution in [2.45, 2.75) is 32.9 Å². The van der Waals surface area contributed by atoms with Gasteiger partial charge in [0.15, 0.2) is 5.75 Å². The van der Waals surface area contributed by atoms with Crippen LogP contribution in [-0.2, 0) is 6.61 Å². The first-order valence-electron chi connectivity index (χ1n) is 10.5. The first kappa shape index (κ1) is 22.3. The third kappa shape index (κ3) is 4.39. The Bertz CT molecular complexity index is 1270. The van der Waals surface area contributed by atoms with E-state index in [1.807, 2.05) is 19.1 Å². The van der Waals surface area contributed by atoms with Crippen LogP contribution >= 0.6 is 0 Å². The number of rotatable bonds is 6. The van der Waals surface area contributed by atoms with Gasteiger partial charge in [-0.25, -0.2) is 4.39 Å². The monoisotopic (exact) mass is 448 g/mol. The molecule has 0 fully saturated rings. The van der Waals surface area contributed by atoms with Crippen molar-refractivity contribution in [1.82, 2.24) is 0 Å². The minimum atomic E-state index is -0.463. The van der Waals surface area contributed by atoms with Gasteiger partial charge in [-0.05, 0) is 56.2 Å². The zero-order valence-electron chi connectivity index (χ0n) is 18.9. The van der Waals surface area contributed by atoms with Crippen LogP contribution in [0.25, 0.3) is 16.7 Å². The molecule has 0 bridgehead atoms. The number of allylic oxidation sites excluding steroid dienone is 1. The normalized spacial score (nSPS) is 14.0. The van der Waals surface area contributed by atoms with Gasteiger partial charge in [0, 0.05) is 34.5 Å². The summed E-state index contributed by atoms with van der Waals surface area (Å²) in [7, 11) is 1.50. The molecular weight excluding hydrogens is 423 g/mol. The van der Waals surface area contributed by atoms with E-state index in [1.165, 1.54) is 25.3 Å². The Morgan fingerprint density at radius 2 is 1.79 bits per heavy atom. The van der Waals surface area contributed by atoms with Crippen LogP contribution in [0.3, 0.4) is 0 Å². The molecule has 33 heavy (non-hydrogen) atoms. The van der Waals surface area contributed by atoms with Crippen molar-refractivity contribution in [1.29, 1.82) is 0 Å². The van der Waals surface area contributed by atoms with Crippen LogP contribution in [-0.4, -0.2) is 17.6 Å². The predicted molar refractivity (Wildman–Crippen MR) is 127 cm³/mol. The number of nitro benzene ring substituents is 1. The first-order chi connectivity index (χ1) is 15.7.